The van der Waals surface area contributed by atoms with Crippen LogP contribution in [0.3, 0.4) is 0 Å². The van der Waals surface area contributed by atoms with Crippen LogP contribution >= 0.6 is 11.6 Å². The zero-order valence-corrected chi connectivity index (χ0v) is 15.8. The first-order chi connectivity index (χ1) is 13.6. The van der Waals surface area contributed by atoms with Crippen molar-refractivity contribution in [1.82, 2.24) is 14.5 Å². The van der Waals surface area contributed by atoms with Crippen LogP contribution in [0.15, 0.2) is 36.7 Å². The van der Waals surface area contributed by atoms with Crippen LogP contribution in [-0.4, -0.2) is 43.9 Å². The first kappa shape index (κ1) is 17.6. The summed E-state index contributed by atoms with van der Waals surface area (Å²) in [6.07, 6.45) is 5.14. The van der Waals surface area contributed by atoms with Crippen molar-refractivity contribution in [2.24, 2.45) is 0 Å². The van der Waals surface area contributed by atoms with Crippen LogP contribution in [0.2, 0.25) is 5.02 Å². The van der Waals surface area contributed by atoms with Crippen LogP contribution in [0.4, 0.5) is 5.69 Å². The number of imidazole rings is 1. The van der Waals surface area contributed by atoms with Crippen molar-refractivity contribution in [1.29, 1.82) is 0 Å². The minimum Gasteiger partial charge on any atom is -0.394 e. The quantitative estimate of drug-likeness (QED) is 0.687. The Hall–Kier alpha value is -2.48. The second kappa shape index (κ2) is 6.27. The molecule has 0 bridgehead atoms. The molecule has 1 aliphatic heterocycles. The molecule has 1 saturated carbocycles. The van der Waals surface area contributed by atoms with Crippen LogP contribution in [0.1, 0.15) is 30.3 Å². The summed E-state index contributed by atoms with van der Waals surface area (Å²) in [5, 5.41) is 20.1. The highest BCUT2D eigenvalue weighted by atomic mass is 35.5. The Labute approximate surface area is 166 Å². The molecule has 3 aromatic rings. The van der Waals surface area contributed by atoms with Gasteiger partial charge in [0, 0.05) is 11.2 Å². The zero-order valence-electron chi connectivity index (χ0n) is 15.0. The van der Waals surface area contributed by atoms with Crippen LogP contribution in [0, 0.1) is 0 Å². The van der Waals surface area contributed by atoms with Crippen molar-refractivity contribution >= 4 is 34.2 Å². The molecule has 28 heavy (non-hydrogen) atoms. The van der Waals surface area contributed by atoms with E-state index >= 15 is 0 Å². The molecule has 1 spiro atoms. The number of anilines is 1. The Morgan fingerprint density at radius 3 is 2.71 bits per heavy atom. The number of aromatic nitrogens is 3. The fourth-order valence-corrected chi connectivity index (χ4v) is 4.42. The maximum absolute atomic E-state index is 13.2. The van der Waals surface area contributed by atoms with E-state index in [0.29, 0.717) is 16.4 Å². The molecule has 144 valence electrons. The molecule has 1 fully saturated rings. The van der Waals surface area contributed by atoms with Gasteiger partial charge in [0.15, 0.2) is 0 Å². The fraction of sp³-hybridized carbons (Fsp3) is 0.350. The lowest BCUT2D eigenvalue weighted by molar-refractivity contribution is -0.120. The number of carbonyl (C=O) groups is 1. The fourth-order valence-electron chi connectivity index (χ4n) is 4.26. The first-order valence-electron chi connectivity index (χ1n) is 9.23. The van der Waals surface area contributed by atoms with Gasteiger partial charge in [0.05, 0.1) is 54.1 Å². The Balaban J connectivity index is 1.62. The summed E-state index contributed by atoms with van der Waals surface area (Å²) < 4.78 is 1.80. The number of halogens is 1. The summed E-state index contributed by atoms with van der Waals surface area (Å²) in [4.78, 5) is 23.8. The van der Waals surface area contributed by atoms with Crippen LogP contribution in [0.5, 0.6) is 0 Å². The number of benzene rings is 1. The van der Waals surface area contributed by atoms with E-state index in [9.17, 15) is 15.0 Å². The van der Waals surface area contributed by atoms with Crippen LogP contribution in [-0.2, 0) is 16.8 Å². The molecule has 3 heterocycles. The van der Waals surface area contributed by atoms with Gasteiger partial charge in [-0.1, -0.05) is 11.6 Å². The molecule has 2 aliphatic rings. The highest BCUT2D eigenvalue weighted by Gasteiger charge is 2.59. The van der Waals surface area contributed by atoms with Crippen molar-refractivity contribution in [2.45, 2.75) is 30.8 Å². The number of nitrogens with zero attached hydrogens (tertiary/aromatic N) is 4. The van der Waals surface area contributed by atoms with Gasteiger partial charge in [-0.05, 0) is 42.7 Å². The first-order valence-corrected chi connectivity index (χ1v) is 9.61. The number of amides is 1. The monoisotopic (exact) mass is 398 g/mol. The van der Waals surface area contributed by atoms with Crippen molar-refractivity contribution < 1.29 is 15.0 Å². The molecule has 1 aliphatic carbocycles. The molecule has 0 saturated heterocycles. The van der Waals surface area contributed by atoms with E-state index in [2.05, 4.69) is 9.97 Å². The molecule has 1 aromatic carbocycles. The van der Waals surface area contributed by atoms with Crippen molar-refractivity contribution in [3.8, 4) is 0 Å². The van der Waals surface area contributed by atoms with E-state index in [4.69, 9.17) is 11.6 Å². The summed E-state index contributed by atoms with van der Waals surface area (Å²) in [5.74, 6) is 0.655. The summed E-state index contributed by atoms with van der Waals surface area (Å²) in [7, 11) is 0. The van der Waals surface area contributed by atoms with Gasteiger partial charge in [0.25, 0.3) is 0 Å². The highest BCUT2D eigenvalue weighted by Crippen LogP contribution is 2.57. The van der Waals surface area contributed by atoms with Crippen LogP contribution < -0.4 is 4.90 Å². The van der Waals surface area contributed by atoms with Crippen molar-refractivity contribution in [3.63, 3.8) is 0 Å². The average molecular weight is 399 g/mol. The average Bonchev–Trinajstić information content (AvgIpc) is 3.39. The molecule has 0 radical (unpaired) electrons. The number of hydrogen-bond acceptors (Lipinski definition) is 5. The second-order valence-corrected chi connectivity index (χ2v) is 7.85. The van der Waals surface area contributed by atoms with Gasteiger partial charge in [-0.3, -0.25) is 9.78 Å². The molecule has 5 rings (SSSR count). The molecule has 0 unspecified atom stereocenters. The maximum atomic E-state index is 13.2. The number of hydrogen-bond donors (Lipinski definition) is 2. The van der Waals surface area contributed by atoms with Gasteiger partial charge < -0.3 is 19.7 Å². The number of rotatable bonds is 5. The minimum absolute atomic E-state index is 0.0664. The minimum atomic E-state index is -0.554. The molecule has 1 amide bonds. The Morgan fingerprint density at radius 2 is 2.00 bits per heavy atom. The number of pyridine rings is 1. The van der Waals surface area contributed by atoms with E-state index in [1.54, 1.807) is 34.0 Å². The van der Waals surface area contributed by atoms with E-state index in [1.807, 2.05) is 12.1 Å². The van der Waals surface area contributed by atoms with Gasteiger partial charge >= 0.3 is 0 Å². The van der Waals surface area contributed by atoms with Gasteiger partial charge in [-0.15, -0.1) is 0 Å². The van der Waals surface area contributed by atoms with E-state index in [-0.39, 0.29) is 25.7 Å². The number of aliphatic hydroxyl groups excluding tert-OH is 2. The van der Waals surface area contributed by atoms with E-state index in [1.165, 1.54) is 0 Å². The standard InChI is InChI=1S/C20H19ClN4O3/c21-12-1-2-16-15(7-12)23-18(25(16)13(10-26)11-27)9-24-17-8-22-6-3-14(17)20(4-5-20)19(24)28/h1-3,6-8,13,26-27H,4-5,9-11H2. The smallest absolute Gasteiger partial charge is 0.238 e. The third-order valence-corrected chi connectivity index (χ3v) is 6.06. The SMILES string of the molecule is O=C1N(Cc2nc3cc(Cl)ccc3n2C(CO)CO)c2cnccc2C12CC2. The predicted octanol–water partition coefficient (Wildman–Crippen LogP) is 2.19. The molecule has 8 heteroatoms. The second-order valence-electron chi connectivity index (χ2n) is 7.42. The molecule has 7 nitrogen and oxygen atoms in total. The molecular weight excluding hydrogens is 380 g/mol. The Morgan fingerprint density at radius 1 is 1.21 bits per heavy atom. The molecule has 0 atom stereocenters. The van der Waals surface area contributed by atoms with E-state index < -0.39 is 11.5 Å². The van der Waals surface area contributed by atoms with Gasteiger partial charge in [-0.25, -0.2) is 4.98 Å². The van der Waals surface area contributed by atoms with Gasteiger partial charge in [0.2, 0.25) is 5.91 Å². The normalized spacial score (nSPS) is 17.1. The Bertz CT molecular complexity index is 1090. The third-order valence-electron chi connectivity index (χ3n) is 5.82. The largest absolute Gasteiger partial charge is 0.394 e. The summed E-state index contributed by atoms with van der Waals surface area (Å²) in [5.41, 5.74) is 2.84. The summed E-state index contributed by atoms with van der Waals surface area (Å²) in [6, 6.07) is 6.68. The maximum Gasteiger partial charge on any atom is 0.238 e. The number of aliphatic hydroxyl groups is 2. The number of carbonyl (C=O) groups excluding carboxylic acids is 1. The number of fused-ring (bicyclic) bond motifs is 3. The van der Waals surface area contributed by atoms with Gasteiger partial charge in [0.1, 0.15) is 5.82 Å². The topological polar surface area (TPSA) is 91.5 Å². The summed E-state index contributed by atoms with van der Waals surface area (Å²) in [6.45, 7) is -0.247. The lowest BCUT2D eigenvalue weighted by Crippen LogP contribution is -2.33. The van der Waals surface area contributed by atoms with Crippen LogP contribution in [0.25, 0.3) is 11.0 Å². The molecule has 2 N–H and O–H groups in total. The third kappa shape index (κ3) is 2.40. The summed E-state index contributed by atoms with van der Waals surface area (Å²) >= 11 is 6.11. The lowest BCUT2D eigenvalue weighted by atomic mass is 9.99. The molecular formula is C20H19ClN4O3. The van der Waals surface area contributed by atoms with Crippen molar-refractivity contribution in [2.75, 3.05) is 18.1 Å². The molecule has 2 aromatic heterocycles. The Kier molecular flexibility index (Phi) is 3.94. The lowest BCUT2D eigenvalue weighted by Gasteiger charge is -2.22. The van der Waals surface area contributed by atoms with E-state index in [0.717, 1.165) is 29.6 Å². The predicted molar refractivity (Wildman–Crippen MR) is 104 cm³/mol. The zero-order chi connectivity index (χ0) is 19.5. The van der Waals surface area contributed by atoms with Gasteiger partial charge in [-0.2, -0.15) is 0 Å². The van der Waals surface area contributed by atoms with Crippen molar-refractivity contribution in [3.05, 3.63) is 53.1 Å². The highest BCUT2D eigenvalue weighted by molar-refractivity contribution is 6.31.